The number of hydrogen-bond acceptors (Lipinski definition) is 8. The zero-order chi connectivity index (χ0) is 28.7. The molecule has 0 bridgehead atoms. The first-order chi connectivity index (χ1) is 19.8. The molecule has 1 aromatic carbocycles. The van der Waals surface area contributed by atoms with Crippen molar-refractivity contribution in [3.8, 4) is 11.3 Å². The molecule has 216 valence electrons. The van der Waals surface area contributed by atoms with E-state index in [0.717, 1.165) is 24.1 Å². The lowest BCUT2D eigenvalue weighted by Crippen LogP contribution is -2.45. The number of fused-ring (bicyclic) bond motifs is 1. The minimum absolute atomic E-state index is 0.0119. The van der Waals surface area contributed by atoms with E-state index in [1.807, 2.05) is 6.07 Å². The van der Waals surface area contributed by atoms with Gasteiger partial charge >= 0.3 is 0 Å². The van der Waals surface area contributed by atoms with Gasteiger partial charge < -0.3 is 25.6 Å². The Morgan fingerprint density at radius 1 is 1.12 bits per heavy atom. The molecule has 1 saturated carbocycles. The molecule has 4 atom stereocenters. The maximum atomic E-state index is 15.4. The number of methoxy groups -OCH3 is 1. The minimum Gasteiger partial charge on any atom is -0.385 e. The highest BCUT2D eigenvalue weighted by Gasteiger charge is 2.36. The first-order valence-corrected chi connectivity index (χ1v) is 13.9. The van der Waals surface area contributed by atoms with E-state index < -0.39 is 17.2 Å². The highest BCUT2D eigenvalue weighted by molar-refractivity contribution is 5.66. The fourth-order valence-corrected chi connectivity index (χ4v) is 6.40. The topological polar surface area (TPSA) is 120 Å². The van der Waals surface area contributed by atoms with E-state index in [2.05, 4.69) is 27.3 Å². The van der Waals surface area contributed by atoms with Gasteiger partial charge in [0.2, 0.25) is 5.95 Å². The van der Waals surface area contributed by atoms with Gasteiger partial charge in [0, 0.05) is 45.4 Å². The monoisotopic (exact) mass is 564 g/mol. The van der Waals surface area contributed by atoms with Crippen LogP contribution < -0.4 is 11.1 Å². The summed E-state index contributed by atoms with van der Waals surface area (Å²) in [6.07, 6.45) is 7.35. The van der Waals surface area contributed by atoms with E-state index in [1.54, 1.807) is 37.8 Å². The van der Waals surface area contributed by atoms with Crippen molar-refractivity contribution >= 4 is 17.2 Å². The summed E-state index contributed by atoms with van der Waals surface area (Å²) in [6, 6.07) is 7.53. The van der Waals surface area contributed by atoms with E-state index >= 15 is 8.78 Å². The van der Waals surface area contributed by atoms with Crippen LogP contribution in [-0.4, -0.2) is 57.2 Å². The van der Waals surface area contributed by atoms with Gasteiger partial charge in [-0.3, -0.25) is 4.98 Å². The van der Waals surface area contributed by atoms with Crippen LogP contribution in [0.1, 0.15) is 49.7 Å². The molecule has 1 aliphatic heterocycles. The van der Waals surface area contributed by atoms with E-state index in [9.17, 15) is 5.11 Å². The van der Waals surface area contributed by atoms with Crippen LogP contribution in [0.15, 0.2) is 48.9 Å². The van der Waals surface area contributed by atoms with Crippen LogP contribution in [0.5, 0.6) is 0 Å². The molecule has 9 nitrogen and oxygen atoms in total. The van der Waals surface area contributed by atoms with Gasteiger partial charge in [-0.05, 0) is 66.1 Å². The van der Waals surface area contributed by atoms with E-state index in [0.29, 0.717) is 24.7 Å². The molecule has 6 rings (SSSR count). The zero-order valence-corrected chi connectivity index (χ0v) is 23.1. The molecule has 0 unspecified atom stereocenters. The lowest BCUT2D eigenvalue weighted by molar-refractivity contribution is -0.0682. The molecule has 0 amide bonds. The van der Waals surface area contributed by atoms with Crippen molar-refractivity contribution in [3.05, 3.63) is 71.7 Å². The summed E-state index contributed by atoms with van der Waals surface area (Å²) in [7, 11) is 1.70. The summed E-state index contributed by atoms with van der Waals surface area (Å²) in [4.78, 5) is 8.79. The van der Waals surface area contributed by atoms with Crippen LogP contribution in [0.3, 0.4) is 0 Å². The van der Waals surface area contributed by atoms with Gasteiger partial charge in [-0.15, -0.1) is 0 Å². The molecule has 41 heavy (non-hydrogen) atoms. The Balaban J connectivity index is 1.32. The Labute approximate surface area is 236 Å². The predicted octanol–water partition coefficient (Wildman–Crippen LogP) is 4.67. The number of nitrogens with one attached hydrogen (secondary N) is 1. The quantitative estimate of drug-likeness (QED) is 0.309. The number of nitrogens with zero attached hydrogens (tertiary/aromatic N) is 4. The molecule has 11 heteroatoms. The predicted molar refractivity (Wildman–Crippen MR) is 150 cm³/mol. The fraction of sp³-hybridized carbons (Fsp3) is 0.433. The summed E-state index contributed by atoms with van der Waals surface area (Å²) in [5.41, 5.74) is 7.62. The number of halogens is 2. The summed E-state index contributed by atoms with van der Waals surface area (Å²) >= 11 is 0. The highest BCUT2D eigenvalue weighted by atomic mass is 19.1. The number of anilines is 2. The van der Waals surface area contributed by atoms with Crippen molar-refractivity contribution in [1.82, 2.24) is 19.6 Å². The number of ether oxygens (including phenoxy) is 2. The maximum absolute atomic E-state index is 15.4. The third-order valence-electron chi connectivity index (χ3n) is 8.55. The largest absolute Gasteiger partial charge is 0.385 e. The van der Waals surface area contributed by atoms with Gasteiger partial charge in [0.05, 0.1) is 46.6 Å². The number of benzene rings is 1. The number of nitrogens with two attached hydrogens (primary N) is 1. The Kier molecular flexibility index (Phi) is 7.45. The molecule has 1 aliphatic carbocycles. The van der Waals surface area contributed by atoms with Crippen LogP contribution in [-0.2, 0) is 15.1 Å². The number of pyridine rings is 1. The van der Waals surface area contributed by atoms with Gasteiger partial charge in [-0.25, -0.2) is 13.8 Å². The van der Waals surface area contributed by atoms with Crippen LogP contribution in [0.4, 0.5) is 20.4 Å². The minimum atomic E-state index is -1.33. The number of imidazole rings is 1. The standard InChI is InChI=1S/C30H34F2N6O3/c1-17-11-18(12-24(33)28(17)40-2)21-5-8-34-16-26(21)36-29-35-15-20-3-4-25(37-38(20)29)27-22(31)13-19(14-23(27)32)30(39)6-9-41-10-7-30/h3-5,8,13-18,24,28,39H,6-7,9-12,33H2,1-2H3,(H,35,36)/t17-,18+,24+,28-/m0/s1. The van der Waals surface area contributed by atoms with Crippen molar-refractivity contribution in [2.75, 3.05) is 25.6 Å². The second-order valence-electron chi connectivity index (χ2n) is 11.2. The summed E-state index contributed by atoms with van der Waals surface area (Å²) < 4.78 is 43.2. The molecule has 4 aromatic rings. The molecule has 2 fully saturated rings. The zero-order valence-electron chi connectivity index (χ0n) is 23.1. The Morgan fingerprint density at radius 2 is 1.88 bits per heavy atom. The van der Waals surface area contributed by atoms with Crippen molar-refractivity contribution in [1.29, 1.82) is 0 Å². The third-order valence-corrected chi connectivity index (χ3v) is 8.55. The number of aliphatic hydroxyl groups is 1. The molecule has 0 spiro atoms. The maximum Gasteiger partial charge on any atom is 0.229 e. The van der Waals surface area contributed by atoms with Crippen molar-refractivity contribution in [2.24, 2.45) is 11.7 Å². The molecule has 4 N–H and O–H groups in total. The summed E-state index contributed by atoms with van der Waals surface area (Å²) in [5, 5.41) is 18.8. The molecule has 1 saturated heterocycles. The number of rotatable bonds is 6. The highest BCUT2D eigenvalue weighted by Crippen LogP contribution is 2.40. The van der Waals surface area contributed by atoms with Crippen molar-refractivity contribution in [3.63, 3.8) is 0 Å². The Hall–Kier alpha value is -3.51. The average molecular weight is 565 g/mol. The molecule has 3 aromatic heterocycles. The first-order valence-electron chi connectivity index (χ1n) is 13.9. The molecule has 2 aliphatic rings. The molecule has 4 heterocycles. The number of aromatic nitrogens is 4. The Morgan fingerprint density at radius 3 is 2.59 bits per heavy atom. The van der Waals surface area contributed by atoms with Crippen LogP contribution in [0, 0.1) is 17.6 Å². The van der Waals surface area contributed by atoms with Gasteiger partial charge in [-0.2, -0.15) is 9.61 Å². The van der Waals surface area contributed by atoms with Gasteiger partial charge in [0.1, 0.15) is 11.6 Å². The fourth-order valence-electron chi connectivity index (χ4n) is 6.40. The van der Waals surface area contributed by atoms with Crippen LogP contribution >= 0.6 is 0 Å². The molecular formula is C30H34F2N6O3. The smallest absolute Gasteiger partial charge is 0.229 e. The van der Waals surface area contributed by atoms with Gasteiger partial charge in [-0.1, -0.05) is 6.92 Å². The van der Waals surface area contributed by atoms with Crippen molar-refractivity contribution < 1.29 is 23.4 Å². The second kappa shape index (κ2) is 11.1. The third kappa shape index (κ3) is 5.19. The molecular weight excluding hydrogens is 530 g/mol. The first kappa shape index (κ1) is 27.6. The van der Waals surface area contributed by atoms with E-state index in [1.165, 1.54) is 16.6 Å². The number of hydrogen-bond donors (Lipinski definition) is 3. The van der Waals surface area contributed by atoms with E-state index in [4.69, 9.17) is 15.2 Å². The van der Waals surface area contributed by atoms with Gasteiger partial charge in [0.15, 0.2) is 0 Å². The summed E-state index contributed by atoms with van der Waals surface area (Å²) in [5.74, 6) is -0.734. The average Bonchev–Trinajstić information content (AvgIpc) is 3.35. The second-order valence-corrected chi connectivity index (χ2v) is 11.2. The SMILES string of the molecule is CO[C@@H]1[C@H](N)C[C@H](c2ccncc2Nc2ncc3ccc(-c4c(F)cc(C5(O)CCOCC5)cc4F)nn23)C[C@@H]1C. The van der Waals surface area contributed by atoms with Gasteiger partial charge in [0.25, 0.3) is 0 Å². The lowest BCUT2D eigenvalue weighted by atomic mass is 9.74. The van der Waals surface area contributed by atoms with Crippen LogP contribution in [0.25, 0.3) is 16.8 Å². The van der Waals surface area contributed by atoms with E-state index in [-0.39, 0.29) is 53.6 Å². The molecule has 0 radical (unpaired) electrons. The van der Waals surface area contributed by atoms with Crippen LogP contribution in [0.2, 0.25) is 0 Å². The Bertz CT molecular complexity index is 1520. The normalized spacial score (nSPS) is 24.4. The van der Waals surface area contributed by atoms with Crippen molar-refractivity contribution in [2.45, 2.75) is 56.3 Å². The summed E-state index contributed by atoms with van der Waals surface area (Å²) in [6.45, 7) is 2.81. The lowest BCUT2D eigenvalue weighted by Gasteiger charge is -2.38.